The molecule has 1 aromatic carbocycles. The lowest BCUT2D eigenvalue weighted by Crippen LogP contribution is -2.56. The SMILES string of the molecule is CCNC(=NCc1ccc(N(CC)CC)c(F)c1)NC1CC2CCCC(C1)N2C. The lowest BCUT2D eigenvalue weighted by molar-refractivity contribution is 0.0526. The fraction of sp³-hybridized carbons (Fsp3) is 0.696. The van der Waals surface area contributed by atoms with Crippen LogP contribution in [-0.4, -0.2) is 55.7 Å². The second-order valence-electron chi connectivity index (χ2n) is 8.37. The Bertz CT molecular complexity index is 674. The number of hydrogen-bond donors (Lipinski definition) is 2. The predicted molar refractivity (Wildman–Crippen MR) is 120 cm³/mol. The van der Waals surface area contributed by atoms with Crippen molar-refractivity contribution in [1.82, 2.24) is 15.5 Å². The number of anilines is 1. The highest BCUT2D eigenvalue weighted by atomic mass is 19.1. The molecule has 2 aliphatic rings. The minimum Gasteiger partial charge on any atom is -0.370 e. The van der Waals surface area contributed by atoms with Crippen molar-refractivity contribution < 1.29 is 4.39 Å². The van der Waals surface area contributed by atoms with Gasteiger partial charge in [0.15, 0.2) is 5.96 Å². The monoisotopic (exact) mass is 403 g/mol. The van der Waals surface area contributed by atoms with E-state index in [1.807, 2.05) is 30.9 Å². The topological polar surface area (TPSA) is 42.9 Å². The molecule has 0 aromatic heterocycles. The molecule has 6 heteroatoms. The van der Waals surface area contributed by atoms with Crippen molar-refractivity contribution in [3.8, 4) is 0 Å². The summed E-state index contributed by atoms with van der Waals surface area (Å²) in [5.41, 5.74) is 1.57. The van der Waals surface area contributed by atoms with Gasteiger partial charge in [-0.1, -0.05) is 12.5 Å². The lowest BCUT2D eigenvalue weighted by Gasteiger charge is -2.47. The van der Waals surface area contributed by atoms with E-state index < -0.39 is 0 Å². The standard InChI is InChI=1S/C23H38FN5/c1-5-25-23(27-18-14-19-9-8-10-20(15-18)28(19)4)26-16-17-11-12-22(21(24)13-17)29(6-2)7-3/h11-13,18-20H,5-10,14-16H2,1-4H3,(H2,25,26,27). The summed E-state index contributed by atoms with van der Waals surface area (Å²) in [6.07, 6.45) is 6.30. The molecule has 0 amide bonds. The molecule has 2 heterocycles. The summed E-state index contributed by atoms with van der Waals surface area (Å²) in [7, 11) is 2.28. The van der Waals surface area contributed by atoms with Crippen molar-refractivity contribution in [1.29, 1.82) is 0 Å². The number of fused-ring (bicyclic) bond motifs is 2. The minimum atomic E-state index is -0.164. The summed E-state index contributed by atoms with van der Waals surface area (Å²) in [5.74, 6) is 0.677. The van der Waals surface area contributed by atoms with E-state index in [1.54, 1.807) is 6.07 Å². The van der Waals surface area contributed by atoms with Gasteiger partial charge in [0.05, 0.1) is 12.2 Å². The maximum absolute atomic E-state index is 14.6. The van der Waals surface area contributed by atoms with Gasteiger partial charge in [0, 0.05) is 37.8 Å². The van der Waals surface area contributed by atoms with E-state index in [4.69, 9.17) is 4.99 Å². The largest absolute Gasteiger partial charge is 0.370 e. The van der Waals surface area contributed by atoms with Gasteiger partial charge in [0.25, 0.3) is 0 Å². The molecule has 2 N–H and O–H groups in total. The number of nitrogens with zero attached hydrogens (tertiary/aromatic N) is 3. The third-order valence-electron chi connectivity index (χ3n) is 6.56. The quantitative estimate of drug-likeness (QED) is 0.538. The molecular weight excluding hydrogens is 365 g/mol. The van der Waals surface area contributed by atoms with Gasteiger partial charge in [-0.3, -0.25) is 0 Å². The molecule has 5 nitrogen and oxygen atoms in total. The molecule has 0 radical (unpaired) electrons. The zero-order valence-electron chi connectivity index (χ0n) is 18.5. The number of guanidine groups is 1. The zero-order chi connectivity index (χ0) is 20.8. The molecule has 29 heavy (non-hydrogen) atoms. The summed E-state index contributed by atoms with van der Waals surface area (Å²) in [4.78, 5) is 9.36. The van der Waals surface area contributed by atoms with Crippen molar-refractivity contribution >= 4 is 11.6 Å². The second kappa shape index (κ2) is 10.3. The van der Waals surface area contributed by atoms with E-state index in [0.29, 0.717) is 30.4 Å². The second-order valence-corrected chi connectivity index (χ2v) is 8.37. The number of rotatable bonds is 7. The Labute approximate surface area is 175 Å². The van der Waals surface area contributed by atoms with Crippen LogP contribution in [0.5, 0.6) is 0 Å². The maximum atomic E-state index is 14.6. The average molecular weight is 404 g/mol. The smallest absolute Gasteiger partial charge is 0.191 e. The Hall–Kier alpha value is -1.82. The molecule has 2 bridgehead atoms. The van der Waals surface area contributed by atoms with Gasteiger partial charge in [0.1, 0.15) is 5.82 Å². The third-order valence-corrected chi connectivity index (χ3v) is 6.56. The third kappa shape index (κ3) is 5.41. The molecule has 0 saturated carbocycles. The summed E-state index contributed by atoms with van der Waals surface area (Å²) < 4.78 is 14.6. The Morgan fingerprint density at radius 3 is 2.45 bits per heavy atom. The number of benzene rings is 1. The van der Waals surface area contributed by atoms with Gasteiger partial charge < -0.3 is 20.4 Å². The highest BCUT2D eigenvalue weighted by Gasteiger charge is 2.36. The fourth-order valence-corrected chi connectivity index (χ4v) is 4.89. The number of aliphatic imine (C=N–C) groups is 1. The number of hydrogen-bond acceptors (Lipinski definition) is 3. The average Bonchev–Trinajstić information content (AvgIpc) is 2.69. The van der Waals surface area contributed by atoms with Crippen LogP contribution in [0.25, 0.3) is 0 Å². The van der Waals surface area contributed by atoms with E-state index in [2.05, 4.69) is 29.5 Å². The van der Waals surface area contributed by atoms with Crippen LogP contribution in [0.4, 0.5) is 10.1 Å². The van der Waals surface area contributed by atoms with Crippen LogP contribution in [0.2, 0.25) is 0 Å². The van der Waals surface area contributed by atoms with Crippen LogP contribution in [0.15, 0.2) is 23.2 Å². The highest BCUT2D eigenvalue weighted by Crippen LogP contribution is 2.32. The molecule has 2 atom stereocenters. The van der Waals surface area contributed by atoms with E-state index in [1.165, 1.54) is 32.1 Å². The number of nitrogens with one attached hydrogen (secondary N) is 2. The Morgan fingerprint density at radius 2 is 1.86 bits per heavy atom. The van der Waals surface area contributed by atoms with Crippen LogP contribution in [0.1, 0.15) is 58.4 Å². The molecule has 2 fully saturated rings. The molecular formula is C23H38FN5. The molecule has 1 aromatic rings. The molecule has 2 unspecified atom stereocenters. The van der Waals surface area contributed by atoms with Crippen molar-refractivity contribution in [2.24, 2.45) is 4.99 Å². The van der Waals surface area contributed by atoms with Crippen LogP contribution in [0, 0.1) is 5.82 Å². The first-order chi connectivity index (χ1) is 14.0. The summed E-state index contributed by atoms with van der Waals surface area (Å²) in [5, 5.41) is 7.01. The van der Waals surface area contributed by atoms with E-state index in [-0.39, 0.29) is 5.82 Å². The van der Waals surface area contributed by atoms with Gasteiger partial charge >= 0.3 is 0 Å². The normalized spacial score (nSPS) is 25.0. The predicted octanol–water partition coefficient (Wildman–Crippen LogP) is 3.74. The van der Waals surface area contributed by atoms with E-state index in [0.717, 1.165) is 31.2 Å². The van der Waals surface area contributed by atoms with E-state index in [9.17, 15) is 4.39 Å². The molecule has 0 aliphatic carbocycles. The molecule has 3 rings (SSSR count). The first kappa shape index (κ1) is 21.9. The zero-order valence-corrected chi connectivity index (χ0v) is 18.5. The summed E-state index contributed by atoms with van der Waals surface area (Å²) in [6.45, 7) is 9.08. The molecule has 0 spiro atoms. The van der Waals surface area contributed by atoms with Crippen LogP contribution in [-0.2, 0) is 6.54 Å². The first-order valence-corrected chi connectivity index (χ1v) is 11.4. The van der Waals surface area contributed by atoms with E-state index >= 15 is 0 Å². The summed E-state index contributed by atoms with van der Waals surface area (Å²) >= 11 is 0. The van der Waals surface area contributed by atoms with Crippen LogP contribution in [0.3, 0.4) is 0 Å². The fourth-order valence-electron chi connectivity index (χ4n) is 4.89. The molecule has 2 aliphatic heterocycles. The van der Waals surface area contributed by atoms with Crippen molar-refractivity contribution in [3.05, 3.63) is 29.6 Å². The Kier molecular flexibility index (Phi) is 7.76. The number of halogens is 1. The van der Waals surface area contributed by atoms with Crippen LogP contribution >= 0.6 is 0 Å². The highest BCUT2D eigenvalue weighted by molar-refractivity contribution is 5.80. The van der Waals surface area contributed by atoms with Gasteiger partial charge in [-0.15, -0.1) is 0 Å². The van der Waals surface area contributed by atoms with Crippen LogP contribution < -0.4 is 15.5 Å². The van der Waals surface area contributed by atoms with Gasteiger partial charge in [-0.05, 0) is 71.2 Å². The molecule has 2 saturated heterocycles. The lowest BCUT2D eigenvalue weighted by atomic mass is 9.82. The maximum Gasteiger partial charge on any atom is 0.191 e. The van der Waals surface area contributed by atoms with Gasteiger partial charge in [-0.25, -0.2) is 9.38 Å². The minimum absolute atomic E-state index is 0.164. The van der Waals surface area contributed by atoms with Crippen molar-refractivity contribution in [2.75, 3.05) is 31.6 Å². The number of piperidine rings is 2. The van der Waals surface area contributed by atoms with Crippen molar-refractivity contribution in [2.45, 2.75) is 77.5 Å². The first-order valence-electron chi connectivity index (χ1n) is 11.4. The Morgan fingerprint density at radius 1 is 1.17 bits per heavy atom. The summed E-state index contributed by atoms with van der Waals surface area (Å²) in [6, 6.07) is 7.33. The molecule has 162 valence electrons. The van der Waals surface area contributed by atoms with Crippen molar-refractivity contribution in [3.63, 3.8) is 0 Å². The van der Waals surface area contributed by atoms with Gasteiger partial charge in [0.2, 0.25) is 0 Å². The van der Waals surface area contributed by atoms with Gasteiger partial charge in [-0.2, -0.15) is 0 Å². The Balaban J connectivity index is 1.64.